The van der Waals surface area contributed by atoms with Gasteiger partial charge in [-0.15, -0.1) is 11.3 Å². The Kier molecular flexibility index (Phi) is 4.19. The lowest BCUT2D eigenvalue weighted by Crippen LogP contribution is -2.44. The molecule has 1 aliphatic rings. The van der Waals surface area contributed by atoms with Crippen LogP contribution in [0.5, 0.6) is 0 Å². The van der Waals surface area contributed by atoms with Crippen molar-refractivity contribution in [1.82, 2.24) is 5.32 Å². The Morgan fingerprint density at radius 2 is 2.25 bits per heavy atom. The maximum absolute atomic E-state index is 12.2. The van der Waals surface area contributed by atoms with Crippen LogP contribution in [0.1, 0.15) is 37.6 Å². The Balaban J connectivity index is 2.07. The van der Waals surface area contributed by atoms with E-state index in [1.54, 1.807) is 19.9 Å². The van der Waals surface area contributed by atoms with Crippen LogP contribution in [-0.4, -0.2) is 26.5 Å². The fourth-order valence-corrected chi connectivity index (χ4v) is 3.85. The number of nitrogens with two attached hydrogens (primary N) is 1. The van der Waals surface area contributed by atoms with E-state index in [0.29, 0.717) is 13.0 Å². The van der Waals surface area contributed by atoms with Gasteiger partial charge in [0.1, 0.15) is 9.81 Å². The summed E-state index contributed by atoms with van der Waals surface area (Å²) in [7, 11) is -3.69. The molecule has 2 rings (SSSR count). The highest BCUT2D eigenvalue weighted by Crippen LogP contribution is 2.29. The van der Waals surface area contributed by atoms with Crippen molar-refractivity contribution in [3.05, 3.63) is 17.0 Å². The van der Waals surface area contributed by atoms with Gasteiger partial charge in [-0.3, -0.25) is 4.79 Å². The standard InChI is InChI=1S/C12H18N2O4S2/c1-8(9-4-5-10(19-9)20(13,16)17)14-11(15)12(2)6-3-7-18-12/h4-5,8H,3,6-7H2,1-2H3,(H,14,15)(H2,13,16,17). The highest BCUT2D eigenvalue weighted by Gasteiger charge is 2.38. The average Bonchev–Trinajstić information content (AvgIpc) is 2.96. The van der Waals surface area contributed by atoms with E-state index in [9.17, 15) is 13.2 Å². The highest BCUT2D eigenvalue weighted by atomic mass is 32.2. The van der Waals surface area contributed by atoms with E-state index in [4.69, 9.17) is 9.88 Å². The average molecular weight is 318 g/mol. The third-order valence-corrected chi connectivity index (χ3v) is 6.06. The minimum absolute atomic E-state index is 0.0944. The fourth-order valence-electron chi connectivity index (χ4n) is 2.10. The first kappa shape index (κ1) is 15.4. The van der Waals surface area contributed by atoms with Crippen LogP contribution < -0.4 is 10.5 Å². The van der Waals surface area contributed by atoms with Gasteiger partial charge in [0, 0.05) is 11.5 Å². The lowest BCUT2D eigenvalue weighted by molar-refractivity contribution is -0.140. The van der Waals surface area contributed by atoms with Crippen molar-refractivity contribution in [3.63, 3.8) is 0 Å². The second kappa shape index (κ2) is 5.44. The van der Waals surface area contributed by atoms with Gasteiger partial charge in [0.2, 0.25) is 10.0 Å². The van der Waals surface area contributed by atoms with Crippen molar-refractivity contribution < 1.29 is 17.9 Å². The van der Waals surface area contributed by atoms with Crippen LogP contribution in [0.2, 0.25) is 0 Å². The number of ether oxygens (including phenoxy) is 1. The topological polar surface area (TPSA) is 98.5 Å². The van der Waals surface area contributed by atoms with Gasteiger partial charge in [0.25, 0.3) is 5.91 Å². The second-order valence-corrected chi connectivity index (χ2v) is 7.98. The van der Waals surface area contributed by atoms with E-state index in [-0.39, 0.29) is 16.2 Å². The molecule has 0 radical (unpaired) electrons. The molecule has 112 valence electrons. The third-order valence-electron chi connectivity index (χ3n) is 3.36. The van der Waals surface area contributed by atoms with Gasteiger partial charge in [0.15, 0.2) is 0 Å². The molecule has 1 fully saturated rings. The Labute approximate surface area is 122 Å². The lowest BCUT2D eigenvalue weighted by atomic mass is 10.0. The van der Waals surface area contributed by atoms with Crippen molar-refractivity contribution >= 4 is 27.3 Å². The van der Waals surface area contributed by atoms with Crippen LogP contribution >= 0.6 is 11.3 Å². The number of thiophene rings is 1. The van der Waals surface area contributed by atoms with Crippen molar-refractivity contribution in [2.24, 2.45) is 5.14 Å². The maximum Gasteiger partial charge on any atom is 0.252 e. The first-order chi connectivity index (χ1) is 9.22. The molecule has 0 aliphatic carbocycles. The Hall–Kier alpha value is -0.960. The molecule has 1 aromatic heterocycles. The molecule has 0 saturated carbocycles. The Morgan fingerprint density at radius 1 is 1.55 bits per heavy atom. The minimum atomic E-state index is -3.69. The van der Waals surface area contributed by atoms with Crippen LogP contribution in [0.4, 0.5) is 0 Å². The first-order valence-corrected chi connectivity index (χ1v) is 8.66. The zero-order valence-corrected chi connectivity index (χ0v) is 13.0. The van der Waals surface area contributed by atoms with Gasteiger partial charge in [-0.25, -0.2) is 13.6 Å². The van der Waals surface area contributed by atoms with E-state index < -0.39 is 15.6 Å². The summed E-state index contributed by atoms with van der Waals surface area (Å²) in [5.41, 5.74) is -0.783. The number of rotatable bonds is 4. The van der Waals surface area contributed by atoms with Gasteiger partial charge in [-0.1, -0.05) is 0 Å². The van der Waals surface area contributed by atoms with Crippen LogP contribution in [0.25, 0.3) is 0 Å². The van der Waals surface area contributed by atoms with E-state index in [1.165, 1.54) is 6.07 Å². The molecule has 8 heteroatoms. The number of nitrogens with one attached hydrogen (secondary N) is 1. The highest BCUT2D eigenvalue weighted by molar-refractivity contribution is 7.91. The molecule has 0 aromatic carbocycles. The summed E-state index contributed by atoms with van der Waals surface area (Å²) in [6.45, 7) is 4.16. The van der Waals surface area contributed by atoms with E-state index in [0.717, 1.165) is 22.6 Å². The van der Waals surface area contributed by atoms with Crippen molar-refractivity contribution in [2.45, 2.75) is 42.5 Å². The van der Waals surface area contributed by atoms with Crippen molar-refractivity contribution in [1.29, 1.82) is 0 Å². The number of amides is 1. The second-order valence-electron chi connectivity index (χ2n) is 5.08. The summed E-state index contributed by atoms with van der Waals surface area (Å²) in [5.74, 6) is -0.173. The molecular formula is C12H18N2O4S2. The van der Waals surface area contributed by atoms with Crippen molar-refractivity contribution in [3.8, 4) is 0 Å². The summed E-state index contributed by atoms with van der Waals surface area (Å²) in [6.07, 6.45) is 1.56. The molecule has 2 heterocycles. The van der Waals surface area contributed by atoms with Gasteiger partial charge in [0.05, 0.1) is 6.04 Å². The molecule has 6 nitrogen and oxygen atoms in total. The molecule has 20 heavy (non-hydrogen) atoms. The lowest BCUT2D eigenvalue weighted by Gasteiger charge is -2.24. The van der Waals surface area contributed by atoms with E-state index >= 15 is 0 Å². The van der Waals surface area contributed by atoms with Crippen LogP contribution in [-0.2, 0) is 19.6 Å². The summed E-state index contributed by atoms with van der Waals surface area (Å²) < 4.78 is 28.0. The zero-order valence-electron chi connectivity index (χ0n) is 11.4. The van der Waals surface area contributed by atoms with Crippen molar-refractivity contribution in [2.75, 3.05) is 6.61 Å². The normalized spacial score (nSPS) is 24.6. The molecular weight excluding hydrogens is 300 g/mol. The number of carbonyl (C=O) groups is 1. The molecule has 2 atom stereocenters. The Bertz CT molecular complexity index is 603. The number of hydrogen-bond donors (Lipinski definition) is 2. The summed E-state index contributed by atoms with van der Waals surface area (Å²) in [4.78, 5) is 12.9. The fraction of sp³-hybridized carbons (Fsp3) is 0.583. The molecule has 3 N–H and O–H groups in total. The predicted molar refractivity (Wildman–Crippen MR) is 75.8 cm³/mol. The van der Waals surface area contributed by atoms with Crippen LogP contribution in [0.15, 0.2) is 16.3 Å². The number of sulfonamides is 1. The summed E-state index contributed by atoms with van der Waals surface area (Å²) >= 11 is 1.06. The summed E-state index contributed by atoms with van der Waals surface area (Å²) in [5, 5.41) is 7.92. The molecule has 0 spiro atoms. The molecule has 1 aliphatic heterocycles. The van der Waals surface area contributed by atoms with E-state index in [2.05, 4.69) is 5.32 Å². The first-order valence-electron chi connectivity index (χ1n) is 6.30. The number of hydrogen-bond acceptors (Lipinski definition) is 5. The molecule has 2 unspecified atom stereocenters. The van der Waals surface area contributed by atoms with Gasteiger partial charge < -0.3 is 10.1 Å². The number of primary sulfonamides is 1. The van der Waals surface area contributed by atoms with Crippen LogP contribution in [0, 0.1) is 0 Å². The monoisotopic (exact) mass is 318 g/mol. The minimum Gasteiger partial charge on any atom is -0.365 e. The summed E-state index contributed by atoms with van der Waals surface area (Å²) in [6, 6.07) is 2.82. The van der Waals surface area contributed by atoms with E-state index in [1.807, 2.05) is 0 Å². The molecule has 1 amide bonds. The predicted octanol–water partition coefficient (Wildman–Crippen LogP) is 1.14. The molecule has 1 saturated heterocycles. The SMILES string of the molecule is CC(NC(=O)C1(C)CCCO1)c1ccc(S(N)(=O)=O)s1. The largest absolute Gasteiger partial charge is 0.365 e. The van der Waals surface area contributed by atoms with Gasteiger partial charge in [-0.2, -0.15) is 0 Å². The maximum atomic E-state index is 12.2. The van der Waals surface area contributed by atoms with Gasteiger partial charge >= 0.3 is 0 Å². The quantitative estimate of drug-likeness (QED) is 0.869. The number of carbonyl (C=O) groups excluding carboxylic acids is 1. The third kappa shape index (κ3) is 3.20. The van der Waals surface area contributed by atoms with Gasteiger partial charge in [-0.05, 0) is 38.8 Å². The molecule has 1 aromatic rings. The van der Waals surface area contributed by atoms with Crippen LogP contribution in [0.3, 0.4) is 0 Å². The molecule has 0 bridgehead atoms. The smallest absolute Gasteiger partial charge is 0.252 e. The Morgan fingerprint density at radius 3 is 2.75 bits per heavy atom. The zero-order chi connectivity index (χ0) is 15.0.